The monoisotopic (exact) mass is 595 g/mol. The second kappa shape index (κ2) is 10.1. The first-order valence-electron chi connectivity index (χ1n) is 15.6. The van der Waals surface area contributed by atoms with Crippen LogP contribution in [0.1, 0.15) is 80.1 Å². The Balaban J connectivity index is 1.19. The minimum absolute atomic E-state index is 0.0427. The minimum Gasteiger partial charge on any atom is -0.371 e. The van der Waals surface area contributed by atoms with Crippen LogP contribution in [0.15, 0.2) is 16.7 Å². The van der Waals surface area contributed by atoms with E-state index in [1.54, 1.807) is 17.5 Å². The van der Waals surface area contributed by atoms with E-state index in [1.165, 1.54) is 30.6 Å². The molecule has 42 heavy (non-hydrogen) atoms. The van der Waals surface area contributed by atoms with E-state index in [2.05, 4.69) is 15.6 Å². The van der Waals surface area contributed by atoms with E-state index in [4.69, 9.17) is 4.74 Å². The molecule has 0 unspecified atom stereocenters. The number of thiazole rings is 1. The van der Waals surface area contributed by atoms with Crippen molar-refractivity contribution in [3.05, 3.63) is 27.2 Å². The number of hydrogen-bond donors (Lipinski definition) is 2. The number of nitrogens with zero attached hydrogens (tertiary/aromatic N) is 3. The fourth-order valence-electron chi connectivity index (χ4n) is 8.03. The molecule has 1 spiro atoms. The molecule has 2 N–H and O–H groups in total. The Bertz CT molecular complexity index is 1350. The van der Waals surface area contributed by atoms with Crippen LogP contribution >= 0.6 is 11.3 Å². The predicted octanol–water partition coefficient (Wildman–Crippen LogP) is 2.47. The number of carbonyl (C=O) groups excluding carboxylic acids is 4. The zero-order valence-corrected chi connectivity index (χ0v) is 25.6. The lowest BCUT2D eigenvalue weighted by molar-refractivity contribution is -0.147. The molecule has 4 fully saturated rings. The Morgan fingerprint density at radius 3 is 2.55 bits per heavy atom. The molecule has 0 aromatic carbocycles. The van der Waals surface area contributed by atoms with Gasteiger partial charge in [-0.25, -0.2) is 4.98 Å². The van der Waals surface area contributed by atoms with Crippen molar-refractivity contribution in [2.24, 2.45) is 22.7 Å². The standard InChI is InChI=1S/C31H41N5O5S/c1-30(2)20-21(30)28(39)36-14-31(15-36)13-35(29(40)25-22(18-9-10-18)33-16-42-25)11-19(31)26(37)34-23(27(38)32-3)24(20)41-12-17-7-5-4-6-8-17/h16-19,23-24H,4-15H2,1-3H3,(H,32,38)(H,34,37)/t19-,23+,24-/m1/s1. The normalized spacial score (nSPS) is 32.4. The summed E-state index contributed by atoms with van der Waals surface area (Å²) in [6.45, 7) is 5.98. The van der Waals surface area contributed by atoms with Crippen LogP contribution in [0.25, 0.3) is 0 Å². The van der Waals surface area contributed by atoms with E-state index in [0.717, 1.165) is 37.0 Å². The summed E-state index contributed by atoms with van der Waals surface area (Å²) in [4.78, 5) is 63.9. The van der Waals surface area contributed by atoms with Gasteiger partial charge in [0.1, 0.15) is 17.0 Å². The SMILES string of the molecule is CNC(=O)[C@H]1NC(=O)[C@H]2CN(C(=O)c3scnc3C3CC3)CC23CN(C3)C(=O)C2=C([C@H]1OCC1CCCCC1)C2(C)C. The first-order chi connectivity index (χ1) is 20.1. The highest BCUT2D eigenvalue weighted by Gasteiger charge is 2.64. The van der Waals surface area contributed by atoms with Gasteiger partial charge in [0.25, 0.3) is 11.8 Å². The van der Waals surface area contributed by atoms with Gasteiger partial charge in [-0.3, -0.25) is 19.2 Å². The summed E-state index contributed by atoms with van der Waals surface area (Å²) >= 11 is 1.36. The van der Waals surface area contributed by atoms with Gasteiger partial charge in [-0.2, -0.15) is 0 Å². The number of fused-ring (bicyclic) bond motifs is 3. The number of nitrogens with one attached hydrogen (secondary N) is 2. The lowest BCUT2D eigenvalue weighted by Gasteiger charge is -2.50. The Morgan fingerprint density at radius 1 is 1.12 bits per heavy atom. The van der Waals surface area contributed by atoms with Crippen LogP contribution in [-0.4, -0.2) is 90.4 Å². The van der Waals surface area contributed by atoms with Crippen molar-refractivity contribution in [3.8, 4) is 0 Å². The van der Waals surface area contributed by atoms with Crippen LogP contribution in [0.2, 0.25) is 0 Å². The molecular weight excluding hydrogens is 554 g/mol. The molecule has 1 aromatic rings. The molecular formula is C31H41N5O5S. The molecule has 10 nitrogen and oxygen atoms in total. The van der Waals surface area contributed by atoms with Crippen LogP contribution in [0.4, 0.5) is 0 Å². The lowest BCUT2D eigenvalue weighted by Crippen LogP contribution is -2.65. The Labute approximate surface area is 250 Å². The lowest BCUT2D eigenvalue weighted by atomic mass is 9.70. The largest absolute Gasteiger partial charge is 0.371 e. The van der Waals surface area contributed by atoms with Crippen molar-refractivity contribution in [1.82, 2.24) is 25.4 Å². The summed E-state index contributed by atoms with van der Waals surface area (Å²) in [6.07, 6.45) is 7.12. The number of likely N-dealkylation sites (N-methyl/N-ethyl adjacent to an activating group) is 1. The number of aromatic nitrogens is 1. The second-order valence-corrected chi connectivity index (χ2v) is 14.7. The Hall–Kier alpha value is -2.79. The molecule has 2 saturated carbocycles. The molecule has 3 aliphatic carbocycles. The summed E-state index contributed by atoms with van der Waals surface area (Å²) in [5.41, 5.74) is 3.05. The highest BCUT2D eigenvalue weighted by atomic mass is 32.1. The molecule has 11 heteroatoms. The molecule has 2 saturated heterocycles. The first kappa shape index (κ1) is 28.0. The van der Waals surface area contributed by atoms with Crippen LogP contribution in [0.5, 0.6) is 0 Å². The maximum atomic E-state index is 14.1. The smallest absolute Gasteiger partial charge is 0.265 e. The summed E-state index contributed by atoms with van der Waals surface area (Å²) in [7, 11) is 1.56. The third-order valence-corrected chi connectivity index (χ3v) is 11.5. The average molecular weight is 596 g/mol. The van der Waals surface area contributed by atoms with E-state index in [-0.39, 0.29) is 30.2 Å². The molecule has 7 aliphatic rings. The van der Waals surface area contributed by atoms with Gasteiger partial charge in [-0.1, -0.05) is 33.1 Å². The third-order valence-electron chi connectivity index (χ3n) is 10.7. The maximum absolute atomic E-state index is 14.1. The van der Waals surface area contributed by atoms with E-state index in [9.17, 15) is 19.2 Å². The third kappa shape index (κ3) is 4.49. The zero-order valence-electron chi connectivity index (χ0n) is 24.7. The van der Waals surface area contributed by atoms with Crippen molar-refractivity contribution in [3.63, 3.8) is 0 Å². The summed E-state index contributed by atoms with van der Waals surface area (Å²) in [6, 6.07) is -0.972. The van der Waals surface area contributed by atoms with E-state index < -0.39 is 28.9 Å². The van der Waals surface area contributed by atoms with Crippen LogP contribution < -0.4 is 10.6 Å². The average Bonchev–Trinajstić information content (AvgIpc) is 3.76. The van der Waals surface area contributed by atoms with E-state index >= 15 is 0 Å². The molecule has 0 radical (unpaired) electrons. The molecule has 2 bridgehead atoms. The van der Waals surface area contributed by atoms with Gasteiger partial charge >= 0.3 is 0 Å². The number of ether oxygens (including phenoxy) is 1. The Kier molecular flexibility index (Phi) is 6.77. The second-order valence-electron chi connectivity index (χ2n) is 13.9. The van der Waals surface area contributed by atoms with Gasteiger partial charge < -0.3 is 25.2 Å². The molecule has 1 aromatic heterocycles. The van der Waals surface area contributed by atoms with Crippen LogP contribution in [0.3, 0.4) is 0 Å². The van der Waals surface area contributed by atoms with Gasteiger partial charge in [0.15, 0.2) is 0 Å². The van der Waals surface area contributed by atoms with Crippen LogP contribution in [-0.2, 0) is 19.1 Å². The summed E-state index contributed by atoms with van der Waals surface area (Å²) in [5.74, 6) is -0.512. The topological polar surface area (TPSA) is 121 Å². The maximum Gasteiger partial charge on any atom is 0.265 e. The van der Waals surface area contributed by atoms with Crippen molar-refractivity contribution < 1.29 is 23.9 Å². The molecule has 226 valence electrons. The van der Waals surface area contributed by atoms with Crippen molar-refractivity contribution in [2.45, 2.75) is 76.9 Å². The predicted molar refractivity (Wildman–Crippen MR) is 156 cm³/mol. The minimum atomic E-state index is -0.972. The highest BCUT2D eigenvalue weighted by molar-refractivity contribution is 7.11. The number of likely N-dealkylation sites (tertiary alicyclic amines) is 1. The highest BCUT2D eigenvalue weighted by Crippen LogP contribution is 2.58. The number of amides is 4. The quantitative estimate of drug-likeness (QED) is 0.522. The van der Waals surface area contributed by atoms with Gasteiger partial charge in [0.2, 0.25) is 11.8 Å². The number of rotatable bonds is 6. The zero-order chi connectivity index (χ0) is 29.4. The van der Waals surface area contributed by atoms with E-state index in [0.29, 0.717) is 48.5 Å². The van der Waals surface area contributed by atoms with Gasteiger partial charge in [-0.05, 0) is 37.2 Å². The molecule has 5 heterocycles. The summed E-state index contributed by atoms with van der Waals surface area (Å²) in [5, 5.41) is 5.81. The molecule has 3 atom stereocenters. The van der Waals surface area contributed by atoms with Crippen molar-refractivity contribution in [1.29, 1.82) is 0 Å². The number of hydrogen-bond acceptors (Lipinski definition) is 7. The summed E-state index contributed by atoms with van der Waals surface area (Å²) < 4.78 is 6.55. The Morgan fingerprint density at radius 2 is 1.86 bits per heavy atom. The fourth-order valence-corrected chi connectivity index (χ4v) is 8.87. The molecule has 4 amide bonds. The van der Waals surface area contributed by atoms with Gasteiger partial charge in [0, 0.05) is 55.5 Å². The number of carbonyl (C=O) groups is 4. The van der Waals surface area contributed by atoms with Gasteiger partial charge in [0.05, 0.1) is 23.7 Å². The van der Waals surface area contributed by atoms with Crippen molar-refractivity contribution in [2.75, 3.05) is 39.8 Å². The van der Waals surface area contributed by atoms with Crippen molar-refractivity contribution >= 4 is 35.0 Å². The van der Waals surface area contributed by atoms with Crippen LogP contribution in [0, 0.1) is 22.7 Å². The van der Waals surface area contributed by atoms with Gasteiger partial charge in [-0.15, -0.1) is 11.3 Å². The first-order valence-corrected chi connectivity index (χ1v) is 16.4. The molecule has 8 rings (SSSR count). The molecule has 4 aliphatic heterocycles. The van der Waals surface area contributed by atoms with E-state index in [1.807, 2.05) is 18.7 Å². The fraction of sp³-hybridized carbons (Fsp3) is 0.710.